The molecule has 0 heterocycles. The average Bonchev–Trinajstić information content (AvgIpc) is 3.72. The molecule has 0 atom stereocenters. The van der Waals surface area contributed by atoms with E-state index in [2.05, 4.69) is 87.6 Å². The molecule has 0 saturated carbocycles. The zero-order chi connectivity index (χ0) is 36.8. The van der Waals surface area contributed by atoms with E-state index in [1.54, 1.807) is 42.7 Å². The van der Waals surface area contributed by atoms with Crippen LogP contribution in [-0.2, 0) is 20.8 Å². The summed E-state index contributed by atoms with van der Waals surface area (Å²) in [7, 11) is 20.9. The van der Waals surface area contributed by atoms with E-state index in [0.29, 0.717) is 11.5 Å². The van der Waals surface area contributed by atoms with Crippen LogP contribution in [0.3, 0.4) is 0 Å². The molecule has 0 saturated heterocycles. The molecule has 0 aliphatic heterocycles. The summed E-state index contributed by atoms with van der Waals surface area (Å²) in [5.74, 6) is 4.38. The van der Waals surface area contributed by atoms with Crippen LogP contribution in [-0.4, -0.2) is 52.2 Å². The zero-order valence-corrected chi connectivity index (χ0v) is 35.3. The molecule has 0 aliphatic carbocycles. The van der Waals surface area contributed by atoms with E-state index in [1.165, 1.54) is 32.7 Å². The minimum atomic E-state index is -0.826. The molecule has 50 heavy (non-hydrogen) atoms. The molecule has 0 aromatic heterocycles. The summed E-state index contributed by atoms with van der Waals surface area (Å²) in [6.45, 7) is 8.51. The van der Waals surface area contributed by atoms with Crippen molar-refractivity contribution in [3.05, 3.63) is 96.1 Å². The second-order valence-electron chi connectivity index (χ2n) is 11.1. The molecule has 0 aliphatic rings. The van der Waals surface area contributed by atoms with Crippen LogP contribution in [0.1, 0.15) is 11.1 Å². The zero-order valence-electron chi connectivity index (χ0n) is 30.3. The van der Waals surface area contributed by atoms with Gasteiger partial charge in [-0.15, -0.1) is 69.1 Å². The molecular weight excluding hydrogens is 767 g/mol. The first-order chi connectivity index (χ1) is 24.2. The molecule has 262 valence electrons. The van der Waals surface area contributed by atoms with Crippen molar-refractivity contribution < 1.29 is 49.3 Å². The molecule has 6 aromatic carbocycles. The van der Waals surface area contributed by atoms with Crippen molar-refractivity contribution in [3.8, 4) is 56.8 Å². The maximum absolute atomic E-state index is 5.58. The number of benzene rings is 4. The summed E-state index contributed by atoms with van der Waals surface area (Å²) in [4.78, 5) is 0. The molecule has 0 N–H and O–H groups in total. The Morgan fingerprint density at radius 2 is 0.820 bits per heavy atom. The van der Waals surface area contributed by atoms with Gasteiger partial charge in [0.05, 0.1) is 53.8 Å². The molecule has 0 spiro atoms. The minimum absolute atomic E-state index is 0.711. The SMILES string of the molecule is COc1cc(OC)c(-c2cccc3[cH-]c(C)cc23)c(OC)c1.COc1cc(OC)c(-c2cccc3[cH-]c(C)cc23)c(OC)c1.C[Si]C.[Cl][Zr+2][Cl]. The fraction of sp³-hybridized carbons (Fsp3) is 0.250. The molecule has 2 radical (unpaired) electrons. The van der Waals surface area contributed by atoms with Crippen LogP contribution in [0.15, 0.2) is 84.9 Å². The van der Waals surface area contributed by atoms with Crippen molar-refractivity contribution in [1.82, 2.24) is 0 Å². The predicted molar refractivity (Wildman–Crippen MR) is 208 cm³/mol. The second kappa shape index (κ2) is 20.4. The standard InChI is InChI=1S/2C19H19O3.C2H6Si.2ClH.Zr/c2*1-12-8-13-6-5-7-15(16(13)9-12)19-17(21-3)10-14(20-2)11-18(19)22-4;1-3-2;;;/h2*5-11H,1-4H3;1-2H3;2*1H;/q2*-1;;;;+4/p-2. The van der Waals surface area contributed by atoms with Gasteiger partial charge in [0, 0.05) is 33.8 Å². The van der Waals surface area contributed by atoms with Gasteiger partial charge < -0.3 is 28.4 Å². The van der Waals surface area contributed by atoms with Crippen molar-refractivity contribution in [2.24, 2.45) is 0 Å². The van der Waals surface area contributed by atoms with Gasteiger partial charge in [0.1, 0.15) is 34.5 Å². The third-order valence-corrected chi connectivity index (χ3v) is 7.76. The summed E-state index contributed by atoms with van der Waals surface area (Å²) in [5.41, 5.74) is 6.58. The van der Waals surface area contributed by atoms with Crippen LogP contribution in [0.25, 0.3) is 43.8 Å². The van der Waals surface area contributed by atoms with Crippen LogP contribution in [0.2, 0.25) is 13.1 Å². The Balaban J connectivity index is 0.000000234. The summed E-state index contributed by atoms with van der Waals surface area (Å²) in [6.07, 6.45) is 0. The molecular formula is C40H44Cl2O6SiZr. The van der Waals surface area contributed by atoms with Crippen molar-refractivity contribution in [3.63, 3.8) is 0 Å². The van der Waals surface area contributed by atoms with Gasteiger partial charge in [-0.2, -0.15) is 12.1 Å². The Labute approximate surface area is 317 Å². The van der Waals surface area contributed by atoms with Crippen molar-refractivity contribution in [1.29, 1.82) is 0 Å². The number of aryl methyl sites for hydroxylation is 2. The van der Waals surface area contributed by atoms with E-state index in [4.69, 9.17) is 45.4 Å². The van der Waals surface area contributed by atoms with Gasteiger partial charge >= 0.3 is 37.9 Å². The van der Waals surface area contributed by atoms with E-state index in [9.17, 15) is 0 Å². The van der Waals surface area contributed by atoms with Crippen LogP contribution in [0, 0.1) is 13.8 Å². The van der Waals surface area contributed by atoms with Gasteiger partial charge in [0.25, 0.3) is 0 Å². The Kier molecular flexibility index (Phi) is 16.8. The first-order valence-corrected chi connectivity index (χ1v) is 24.0. The fourth-order valence-electron chi connectivity index (χ4n) is 5.75. The predicted octanol–water partition coefficient (Wildman–Crippen LogP) is 11.3. The third kappa shape index (κ3) is 9.88. The molecule has 0 unspecified atom stereocenters. The monoisotopic (exact) mass is 808 g/mol. The van der Waals surface area contributed by atoms with Crippen LogP contribution in [0.4, 0.5) is 0 Å². The van der Waals surface area contributed by atoms with Crippen molar-refractivity contribution >= 4 is 48.1 Å². The van der Waals surface area contributed by atoms with Gasteiger partial charge in [-0.05, 0) is 0 Å². The third-order valence-electron chi connectivity index (χ3n) is 7.76. The summed E-state index contributed by atoms with van der Waals surface area (Å²) < 4.78 is 33.0. The van der Waals surface area contributed by atoms with Crippen LogP contribution in [0.5, 0.6) is 34.5 Å². The van der Waals surface area contributed by atoms with E-state index in [1.807, 2.05) is 24.3 Å². The first-order valence-electron chi connectivity index (χ1n) is 15.7. The molecule has 0 amide bonds. The number of methoxy groups -OCH3 is 6. The fourth-order valence-corrected chi connectivity index (χ4v) is 5.75. The average molecular weight is 811 g/mol. The number of ether oxygens (including phenoxy) is 6. The second-order valence-corrected chi connectivity index (χ2v) is 15.8. The van der Waals surface area contributed by atoms with Gasteiger partial charge in [-0.3, -0.25) is 0 Å². The Morgan fingerprint density at radius 3 is 1.08 bits per heavy atom. The molecule has 6 aromatic rings. The molecule has 10 heteroatoms. The molecule has 6 nitrogen and oxygen atoms in total. The van der Waals surface area contributed by atoms with Crippen molar-refractivity contribution in [2.45, 2.75) is 26.9 Å². The Hall–Kier alpha value is -3.42. The van der Waals surface area contributed by atoms with Crippen LogP contribution >= 0.6 is 17.0 Å². The number of hydrogen-bond donors (Lipinski definition) is 0. The number of fused-ring (bicyclic) bond motifs is 2. The Morgan fingerprint density at radius 1 is 0.520 bits per heavy atom. The number of rotatable bonds is 8. The first kappa shape index (κ1) is 41.0. The van der Waals surface area contributed by atoms with E-state index in [-0.39, 0.29) is 0 Å². The van der Waals surface area contributed by atoms with Crippen molar-refractivity contribution in [2.75, 3.05) is 42.7 Å². The summed E-state index contributed by atoms with van der Waals surface area (Å²) >= 11 is -0.826. The van der Waals surface area contributed by atoms with Gasteiger partial charge in [0.15, 0.2) is 0 Å². The van der Waals surface area contributed by atoms with E-state index in [0.717, 1.165) is 54.8 Å². The van der Waals surface area contributed by atoms with Gasteiger partial charge in [0.2, 0.25) is 0 Å². The number of hydrogen-bond acceptors (Lipinski definition) is 6. The normalized spacial score (nSPS) is 10.0. The Bertz CT molecular complexity index is 1780. The van der Waals surface area contributed by atoms with E-state index < -0.39 is 20.8 Å². The molecule has 0 bridgehead atoms. The van der Waals surface area contributed by atoms with E-state index >= 15 is 0 Å². The maximum atomic E-state index is 5.58. The molecule has 6 rings (SSSR count). The molecule has 0 fully saturated rings. The van der Waals surface area contributed by atoms with Crippen LogP contribution < -0.4 is 28.4 Å². The number of halogens is 2. The topological polar surface area (TPSA) is 55.4 Å². The summed E-state index contributed by atoms with van der Waals surface area (Å²) in [5, 5.41) is 4.83. The summed E-state index contributed by atoms with van der Waals surface area (Å²) in [6, 6.07) is 28.8. The van der Waals surface area contributed by atoms with Gasteiger partial charge in [-0.1, -0.05) is 50.2 Å². The van der Waals surface area contributed by atoms with Gasteiger partial charge in [-0.25, -0.2) is 0 Å². The quantitative estimate of drug-likeness (QED) is 0.113.